The van der Waals surface area contributed by atoms with Crippen molar-refractivity contribution in [2.75, 3.05) is 0 Å². The minimum absolute atomic E-state index is 0.0526. The van der Waals surface area contributed by atoms with Crippen molar-refractivity contribution in [3.05, 3.63) is 70.4 Å². The van der Waals surface area contributed by atoms with E-state index in [9.17, 15) is 4.79 Å². The van der Waals surface area contributed by atoms with E-state index in [0.29, 0.717) is 16.4 Å². The van der Waals surface area contributed by atoms with Crippen LogP contribution >= 0.6 is 23.8 Å². The molecule has 3 heterocycles. The number of nitrogens with one attached hydrogen (secondary N) is 1. The molecule has 3 atom stereocenters. The van der Waals surface area contributed by atoms with Crippen LogP contribution in [0, 0.1) is 0 Å². The SMILES string of the molecule is CC1c2[nH]c3ccccc3c2CC2C(=O)C(c3cccc(Cl)c3)C(=S)N21. The lowest BCUT2D eigenvalue weighted by Gasteiger charge is -2.36. The van der Waals surface area contributed by atoms with E-state index in [2.05, 4.69) is 28.9 Å². The normalized spacial score (nSPS) is 24.8. The van der Waals surface area contributed by atoms with Gasteiger partial charge < -0.3 is 9.88 Å². The zero-order valence-corrected chi connectivity index (χ0v) is 15.8. The van der Waals surface area contributed by atoms with E-state index in [-0.39, 0.29) is 23.8 Å². The lowest BCUT2D eigenvalue weighted by atomic mass is 9.90. The van der Waals surface area contributed by atoms with E-state index < -0.39 is 0 Å². The number of fused-ring (bicyclic) bond motifs is 4. The molecule has 1 N–H and O–H groups in total. The molecular weight excluding hydrogens is 364 g/mol. The fourth-order valence-electron chi connectivity index (χ4n) is 4.54. The third-order valence-corrected chi connectivity index (χ3v) is 6.39. The number of Topliss-reactive ketones (excluding diaryl/α,β-unsaturated/α-hetero) is 1. The summed E-state index contributed by atoms with van der Waals surface area (Å²) < 4.78 is 0. The lowest BCUT2D eigenvalue weighted by Crippen LogP contribution is -2.42. The molecule has 0 saturated carbocycles. The quantitative estimate of drug-likeness (QED) is 0.616. The van der Waals surface area contributed by atoms with Crippen LogP contribution in [0.1, 0.15) is 35.7 Å². The van der Waals surface area contributed by atoms with Gasteiger partial charge in [0.1, 0.15) is 0 Å². The maximum absolute atomic E-state index is 13.3. The first-order valence-electron chi connectivity index (χ1n) is 8.77. The smallest absolute Gasteiger partial charge is 0.169 e. The van der Waals surface area contributed by atoms with E-state index in [4.69, 9.17) is 23.8 Å². The van der Waals surface area contributed by atoms with Gasteiger partial charge in [0, 0.05) is 28.0 Å². The van der Waals surface area contributed by atoms with Crippen LogP contribution < -0.4 is 0 Å². The molecule has 0 spiro atoms. The number of ketones is 1. The molecule has 2 aromatic carbocycles. The van der Waals surface area contributed by atoms with Crippen LogP contribution in [0.4, 0.5) is 0 Å². The number of rotatable bonds is 1. The molecule has 2 aliphatic rings. The Labute approximate surface area is 162 Å². The first kappa shape index (κ1) is 16.0. The Balaban J connectivity index is 1.61. The number of aromatic nitrogens is 1. The highest BCUT2D eigenvalue weighted by Gasteiger charge is 2.50. The van der Waals surface area contributed by atoms with Gasteiger partial charge in [-0.3, -0.25) is 4.79 Å². The van der Waals surface area contributed by atoms with Crippen LogP contribution in [-0.2, 0) is 11.2 Å². The minimum Gasteiger partial charge on any atom is -0.356 e. The Bertz CT molecular complexity index is 1070. The predicted octanol–water partition coefficient (Wildman–Crippen LogP) is 4.80. The summed E-state index contributed by atoms with van der Waals surface area (Å²) in [6.45, 7) is 2.13. The van der Waals surface area contributed by atoms with Gasteiger partial charge in [-0.05, 0) is 36.2 Å². The number of H-pyrrole nitrogens is 1. The average Bonchev–Trinajstić information content (AvgIpc) is 3.12. The summed E-state index contributed by atoms with van der Waals surface area (Å²) in [4.78, 5) is 19.7. The van der Waals surface area contributed by atoms with Crippen LogP contribution in [0.25, 0.3) is 10.9 Å². The third kappa shape index (κ3) is 2.12. The van der Waals surface area contributed by atoms with Crippen LogP contribution in [0.15, 0.2) is 48.5 Å². The highest BCUT2D eigenvalue weighted by Crippen LogP contribution is 2.44. The highest BCUT2D eigenvalue weighted by atomic mass is 35.5. The summed E-state index contributed by atoms with van der Waals surface area (Å²) in [5, 5.41) is 1.84. The monoisotopic (exact) mass is 380 g/mol. The number of thiocarbonyl (C=S) groups is 1. The molecule has 26 heavy (non-hydrogen) atoms. The second-order valence-electron chi connectivity index (χ2n) is 7.09. The Kier molecular flexibility index (Phi) is 3.49. The number of hydrogen-bond donors (Lipinski definition) is 1. The molecule has 1 fully saturated rings. The Morgan fingerprint density at radius 2 is 2.00 bits per heavy atom. The molecule has 3 nitrogen and oxygen atoms in total. The van der Waals surface area contributed by atoms with E-state index in [0.717, 1.165) is 11.1 Å². The van der Waals surface area contributed by atoms with Gasteiger partial charge in [0.2, 0.25) is 0 Å². The fourth-order valence-corrected chi connectivity index (χ4v) is 5.27. The maximum atomic E-state index is 13.3. The van der Waals surface area contributed by atoms with Crippen molar-refractivity contribution in [1.82, 2.24) is 9.88 Å². The summed E-state index contributed by atoms with van der Waals surface area (Å²) in [6.07, 6.45) is 0.694. The zero-order chi connectivity index (χ0) is 18.0. The highest BCUT2D eigenvalue weighted by molar-refractivity contribution is 7.80. The van der Waals surface area contributed by atoms with Crippen molar-refractivity contribution < 1.29 is 4.79 Å². The van der Waals surface area contributed by atoms with Gasteiger partial charge >= 0.3 is 0 Å². The number of para-hydroxylation sites is 1. The molecule has 0 aliphatic carbocycles. The van der Waals surface area contributed by atoms with Crippen LogP contribution in [0.5, 0.6) is 0 Å². The average molecular weight is 381 g/mol. The van der Waals surface area contributed by atoms with E-state index >= 15 is 0 Å². The number of hydrogen-bond acceptors (Lipinski definition) is 2. The molecule has 130 valence electrons. The largest absolute Gasteiger partial charge is 0.356 e. The van der Waals surface area contributed by atoms with Gasteiger partial charge in [-0.15, -0.1) is 0 Å². The second kappa shape index (κ2) is 5.66. The molecule has 5 rings (SSSR count). The summed E-state index contributed by atoms with van der Waals surface area (Å²) in [6, 6.07) is 15.6. The lowest BCUT2D eigenvalue weighted by molar-refractivity contribution is -0.121. The number of carbonyl (C=O) groups excluding carboxylic acids is 1. The maximum Gasteiger partial charge on any atom is 0.169 e. The first-order chi connectivity index (χ1) is 12.6. The number of aromatic amines is 1. The minimum atomic E-state index is -0.383. The topological polar surface area (TPSA) is 36.1 Å². The molecule has 5 heteroatoms. The molecule has 3 unspecified atom stereocenters. The van der Waals surface area contributed by atoms with Gasteiger partial charge in [-0.25, -0.2) is 0 Å². The Morgan fingerprint density at radius 1 is 1.19 bits per heavy atom. The molecule has 3 aromatic rings. The van der Waals surface area contributed by atoms with Crippen molar-refractivity contribution in [1.29, 1.82) is 0 Å². The zero-order valence-electron chi connectivity index (χ0n) is 14.2. The van der Waals surface area contributed by atoms with Crippen molar-refractivity contribution in [3.8, 4) is 0 Å². The van der Waals surface area contributed by atoms with E-state index in [1.165, 1.54) is 16.6 Å². The Hall–Kier alpha value is -2.17. The van der Waals surface area contributed by atoms with Gasteiger partial charge in [0.25, 0.3) is 0 Å². The standard InChI is InChI=1S/C21H17ClN2OS/c1-11-19-15(14-7-2-3-8-16(14)23-19)10-17-20(25)18(21(26)24(11)17)12-5-4-6-13(22)9-12/h2-9,11,17-18,23H,10H2,1H3. The van der Waals surface area contributed by atoms with Crippen molar-refractivity contribution in [2.45, 2.75) is 31.3 Å². The fraction of sp³-hybridized carbons (Fsp3) is 0.238. The molecule has 2 aliphatic heterocycles. The van der Waals surface area contributed by atoms with Gasteiger partial charge in [-0.2, -0.15) is 0 Å². The van der Waals surface area contributed by atoms with Crippen LogP contribution in [0.3, 0.4) is 0 Å². The van der Waals surface area contributed by atoms with Crippen LogP contribution in [0.2, 0.25) is 5.02 Å². The van der Waals surface area contributed by atoms with E-state index in [1.807, 2.05) is 36.4 Å². The number of benzene rings is 2. The number of carbonyl (C=O) groups is 1. The first-order valence-corrected chi connectivity index (χ1v) is 9.55. The van der Waals surface area contributed by atoms with Crippen molar-refractivity contribution in [2.24, 2.45) is 0 Å². The molecule has 0 radical (unpaired) electrons. The van der Waals surface area contributed by atoms with Gasteiger partial charge in [0.15, 0.2) is 5.78 Å². The molecule has 0 amide bonds. The second-order valence-corrected chi connectivity index (χ2v) is 7.95. The Morgan fingerprint density at radius 3 is 2.81 bits per heavy atom. The van der Waals surface area contributed by atoms with Gasteiger partial charge in [0.05, 0.1) is 23.0 Å². The summed E-state index contributed by atoms with van der Waals surface area (Å²) in [5.41, 5.74) is 4.43. The summed E-state index contributed by atoms with van der Waals surface area (Å²) >= 11 is 11.9. The summed E-state index contributed by atoms with van der Waals surface area (Å²) in [5.74, 6) is -0.202. The van der Waals surface area contributed by atoms with E-state index in [1.54, 1.807) is 0 Å². The summed E-state index contributed by atoms with van der Waals surface area (Å²) in [7, 11) is 0. The number of nitrogens with zero attached hydrogens (tertiary/aromatic N) is 1. The van der Waals surface area contributed by atoms with Crippen LogP contribution in [-0.4, -0.2) is 26.7 Å². The third-order valence-electron chi connectivity index (χ3n) is 5.71. The molecule has 1 saturated heterocycles. The molecule has 0 bridgehead atoms. The number of halogens is 1. The molecule has 1 aromatic heterocycles. The van der Waals surface area contributed by atoms with Crippen molar-refractivity contribution in [3.63, 3.8) is 0 Å². The van der Waals surface area contributed by atoms with Gasteiger partial charge in [-0.1, -0.05) is 54.2 Å². The van der Waals surface area contributed by atoms with Crippen molar-refractivity contribution >= 4 is 45.5 Å². The predicted molar refractivity (Wildman–Crippen MR) is 108 cm³/mol. The molecular formula is C21H17ClN2OS.